The van der Waals surface area contributed by atoms with Crippen molar-refractivity contribution in [3.05, 3.63) is 28.5 Å². The minimum atomic E-state index is 0.472. The van der Waals surface area contributed by atoms with Gasteiger partial charge in [0.05, 0.1) is 0 Å². The van der Waals surface area contributed by atoms with Crippen LogP contribution in [0.25, 0.3) is 0 Å². The third-order valence-electron chi connectivity index (χ3n) is 1.69. The molecule has 0 atom stereocenters. The van der Waals surface area contributed by atoms with Crippen LogP contribution in [0.3, 0.4) is 0 Å². The molecule has 0 aromatic rings. The fraction of sp³-hybridized carbons (Fsp3) is 0.375. The van der Waals surface area contributed by atoms with Crippen molar-refractivity contribution in [3.8, 4) is 0 Å². The Morgan fingerprint density at radius 1 is 1.40 bits per heavy atom. The molecule has 1 heterocycles. The van der Waals surface area contributed by atoms with Crippen LogP contribution in [-0.4, -0.2) is 17.5 Å². The summed E-state index contributed by atoms with van der Waals surface area (Å²) in [5.74, 6) is 0. The molecule has 0 fully saturated rings. The smallest absolute Gasteiger partial charge is 0.175 e. The minimum Gasteiger partial charge on any atom is -0.624 e. The first-order valence-electron chi connectivity index (χ1n) is 3.33. The van der Waals surface area contributed by atoms with E-state index in [1.54, 1.807) is 6.21 Å². The summed E-state index contributed by atoms with van der Waals surface area (Å²) < 4.78 is 0.917. The average molecular weight is 137 g/mol. The second kappa shape index (κ2) is 2.69. The molecule has 0 spiro atoms. The molecule has 0 unspecified atom stereocenters. The lowest BCUT2D eigenvalue weighted by Gasteiger charge is -1.96. The molecule has 1 aliphatic heterocycles. The van der Waals surface area contributed by atoms with Crippen molar-refractivity contribution in [2.24, 2.45) is 0 Å². The normalized spacial score (nSPS) is 18.8. The van der Waals surface area contributed by atoms with Gasteiger partial charge in [0.15, 0.2) is 12.8 Å². The van der Waals surface area contributed by atoms with Gasteiger partial charge in [-0.3, -0.25) is 0 Å². The van der Waals surface area contributed by atoms with Crippen LogP contribution >= 0.6 is 0 Å². The molecular formula is C8H11NO. The molecule has 0 radical (unpaired) electrons. The van der Waals surface area contributed by atoms with Gasteiger partial charge in [-0.05, 0) is 31.1 Å². The van der Waals surface area contributed by atoms with Crippen LogP contribution in [0.15, 0.2) is 23.3 Å². The molecule has 0 bridgehead atoms. The molecule has 2 heteroatoms. The Kier molecular flexibility index (Phi) is 1.90. The zero-order chi connectivity index (χ0) is 7.56. The van der Waals surface area contributed by atoms with Crippen molar-refractivity contribution in [2.45, 2.75) is 13.8 Å². The number of hydrogen-bond donors (Lipinski definition) is 0. The Morgan fingerprint density at radius 3 is 2.80 bits per heavy atom. The summed E-state index contributed by atoms with van der Waals surface area (Å²) >= 11 is 0. The molecule has 0 aromatic carbocycles. The average Bonchev–Trinajstić information content (AvgIpc) is 2.04. The van der Waals surface area contributed by atoms with Crippen molar-refractivity contribution < 1.29 is 4.74 Å². The Bertz CT molecular complexity index is 223. The van der Waals surface area contributed by atoms with Crippen LogP contribution < -0.4 is 0 Å². The highest BCUT2D eigenvalue weighted by Gasteiger charge is 1.98. The van der Waals surface area contributed by atoms with Crippen LogP contribution in [0.1, 0.15) is 13.8 Å². The van der Waals surface area contributed by atoms with Crippen molar-refractivity contribution >= 4 is 6.21 Å². The SMILES string of the molecule is CC1=CC=[N+]([O-])CC=C1C. The molecule has 2 nitrogen and oxygen atoms in total. The van der Waals surface area contributed by atoms with Gasteiger partial charge in [0, 0.05) is 6.08 Å². The van der Waals surface area contributed by atoms with Gasteiger partial charge in [-0.25, -0.2) is 4.74 Å². The molecule has 0 aromatic heterocycles. The van der Waals surface area contributed by atoms with Crippen molar-refractivity contribution in [1.82, 2.24) is 0 Å². The molecule has 10 heavy (non-hydrogen) atoms. The van der Waals surface area contributed by atoms with E-state index in [0.29, 0.717) is 6.54 Å². The van der Waals surface area contributed by atoms with Crippen molar-refractivity contribution in [1.29, 1.82) is 0 Å². The van der Waals surface area contributed by atoms with E-state index in [1.165, 1.54) is 11.1 Å². The molecule has 0 N–H and O–H groups in total. The number of hydroxylamine groups is 1. The zero-order valence-electron chi connectivity index (χ0n) is 6.29. The Hall–Kier alpha value is -1.05. The fourth-order valence-electron chi connectivity index (χ4n) is 0.775. The first-order valence-corrected chi connectivity index (χ1v) is 3.33. The monoisotopic (exact) mass is 137 g/mol. The maximum absolute atomic E-state index is 10.7. The topological polar surface area (TPSA) is 26.1 Å². The predicted octanol–water partition coefficient (Wildman–Crippen LogP) is 1.47. The van der Waals surface area contributed by atoms with E-state index in [0.717, 1.165) is 4.74 Å². The lowest BCUT2D eigenvalue weighted by molar-refractivity contribution is -0.439. The zero-order valence-corrected chi connectivity index (χ0v) is 6.29. The lowest BCUT2D eigenvalue weighted by Crippen LogP contribution is -2.01. The van der Waals surface area contributed by atoms with Gasteiger partial charge in [-0.1, -0.05) is 0 Å². The highest BCUT2D eigenvalue weighted by molar-refractivity contribution is 5.69. The summed E-state index contributed by atoms with van der Waals surface area (Å²) in [5.41, 5.74) is 2.35. The second-order valence-corrected chi connectivity index (χ2v) is 2.49. The quantitative estimate of drug-likeness (QED) is 0.367. The Labute approximate surface area is 60.8 Å². The van der Waals surface area contributed by atoms with Crippen LogP contribution in [-0.2, 0) is 0 Å². The molecule has 1 aliphatic rings. The van der Waals surface area contributed by atoms with E-state index in [9.17, 15) is 5.21 Å². The molecule has 0 saturated carbocycles. The summed E-state index contributed by atoms with van der Waals surface area (Å²) in [6.07, 6.45) is 5.33. The number of rotatable bonds is 0. The summed E-state index contributed by atoms with van der Waals surface area (Å²) in [6.45, 7) is 4.49. The fourth-order valence-corrected chi connectivity index (χ4v) is 0.775. The van der Waals surface area contributed by atoms with Crippen LogP contribution in [0.4, 0.5) is 0 Å². The second-order valence-electron chi connectivity index (χ2n) is 2.49. The highest BCUT2D eigenvalue weighted by atomic mass is 16.5. The molecule has 54 valence electrons. The van der Waals surface area contributed by atoms with E-state index < -0.39 is 0 Å². The third kappa shape index (κ3) is 1.47. The minimum absolute atomic E-state index is 0.472. The van der Waals surface area contributed by atoms with E-state index in [1.807, 2.05) is 26.0 Å². The summed E-state index contributed by atoms with van der Waals surface area (Å²) in [5, 5.41) is 10.7. The first-order chi connectivity index (χ1) is 4.70. The largest absolute Gasteiger partial charge is 0.624 e. The predicted molar refractivity (Wildman–Crippen MR) is 42.1 cm³/mol. The molecule has 0 aliphatic carbocycles. The van der Waals surface area contributed by atoms with Crippen LogP contribution in [0, 0.1) is 5.21 Å². The number of allylic oxidation sites excluding steroid dienone is 3. The van der Waals surface area contributed by atoms with Crippen LogP contribution in [0.5, 0.6) is 0 Å². The van der Waals surface area contributed by atoms with Gasteiger partial charge in [-0.2, -0.15) is 0 Å². The van der Waals surface area contributed by atoms with E-state index in [4.69, 9.17) is 0 Å². The highest BCUT2D eigenvalue weighted by Crippen LogP contribution is 2.08. The van der Waals surface area contributed by atoms with E-state index in [-0.39, 0.29) is 0 Å². The standard InChI is InChI=1S/C8H11NO/c1-7-3-5-9(10)6-4-8(7)2/h3-5H,6H2,1-2H3. The van der Waals surface area contributed by atoms with E-state index >= 15 is 0 Å². The number of hydrogen-bond acceptors (Lipinski definition) is 1. The van der Waals surface area contributed by atoms with E-state index in [2.05, 4.69) is 0 Å². The van der Waals surface area contributed by atoms with Crippen molar-refractivity contribution in [2.75, 3.05) is 6.54 Å². The van der Waals surface area contributed by atoms with Gasteiger partial charge >= 0.3 is 0 Å². The van der Waals surface area contributed by atoms with Gasteiger partial charge in [0.25, 0.3) is 0 Å². The van der Waals surface area contributed by atoms with Crippen LogP contribution in [0.2, 0.25) is 0 Å². The third-order valence-corrected chi connectivity index (χ3v) is 1.69. The maximum Gasteiger partial charge on any atom is 0.175 e. The molecular weight excluding hydrogens is 126 g/mol. The lowest BCUT2D eigenvalue weighted by atomic mass is 10.1. The Balaban J connectivity index is 2.90. The maximum atomic E-state index is 10.7. The first kappa shape index (κ1) is 7.06. The van der Waals surface area contributed by atoms with Gasteiger partial charge in [0.2, 0.25) is 0 Å². The molecule has 0 saturated heterocycles. The summed E-state index contributed by atoms with van der Waals surface area (Å²) in [7, 11) is 0. The summed E-state index contributed by atoms with van der Waals surface area (Å²) in [4.78, 5) is 0. The Morgan fingerprint density at radius 2 is 2.10 bits per heavy atom. The van der Waals surface area contributed by atoms with Gasteiger partial charge < -0.3 is 5.21 Å². The summed E-state index contributed by atoms with van der Waals surface area (Å²) in [6, 6.07) is 0. The molecule has 0 amide bonds. The van der Waals surface area contributed by atoms with Crippen molar-refractivity contribution in [3.63, 3.8) is 0 Å². The molecule has 1 rings (SSSR count). The van der Waals surface area contributed by atoms with Gasteiger partial charge in [0.1, 0.15) is 0 Å². The van der Waals surface area contributed by atoms with Gasteiger partial charge in [-0.15, -0.1) is 0 Å². The number of nitrogens with zero attached hydrogens (tertiary/aromatic N) is 1.